The molecule has 2 heteroatoms. The van der Waals surface area contributed by atoms with Gasteiger partial charge in [-0.15, -0.1) is 0 Å². The van der Waals surface area contributed by atoms with Crippen LogP contribution in [0.25, 0.3) is 11.1 Å². The molecule has 0 aliphatic rings. The Balaban J connectivity index is 2.75. The Labute approximate surface area is 77.8 Å². The fraction of sp³-hybridized carbons (Fsp3) is 0.364. The van der Waals surface area contributed by atoms with E-state index >= 15 is 0 Å². The van der Waals surface area contributed by atoms with Crippen molar-refractivity contribution in [2.75, 3.05) is 0 Å². The third-order valence-corrected chi connectivity index (χ3v) is 2.14. The molecular weight excluding hydrogens is 162 g/mol. The summed E-state index contributed by atoms with van der Waals surface area (Å²) in [5.74, 6) is 0. The van der Waals surface area contributed by atoms with Gasteiger partial charge in [0.15, 0.2) is 17.3 Å². The van der Waals surface area contributed by atoms with Crippen molar-refractivity contribution in [1.29, 1.82) is 0 Å². The van der Waals surface area contributed by atoms with Crippen molar-refractivity contribution in [2.45, 2.75) is 26.3 Å². The minimum Gasteiger partial charge on any atom is -0.458 e. The maximum Gasteiger partial charge on any atom is 0.251 e. The molecule has 2 aromatic rings. The lowest BCUT2D eigenvalue weighted by Gasteiger charge is -2.12. The second kappa shape index (κ2) is 2.59. The number of rotatable bonds is 0. The van der Waals surface area contributed by atoms with Gasteiger partial charge in [0.2, 0.25) is 0 Å². The molecule has 13 heavy (non-hydrogen) atoms. The Hall–Kier alpha value is -1.31. The molecule has 0 amide bonds. The average molecular weight is 176 g/mol. The quantitative estimate of drug-likeness (QED) is 0.563. The zero-order valence-corrected chi connectivity index (χ0v) is 8.24. The zero-order valence-electron chi connectivity index (χ0n) is 8.24. The van der Waals surface area contributed by atoms with E-state index in [1.807, 2.05) is 18.2 Å². The van der Waals surface area contributed by atoms with Crippen molar-refractivity contribution in [3.05, 3.63) is 30.7 Å². The van der Waals surface area contributed by atoms with Crippen LogP contribution in [0.4, 0.5) is 0 Å². The standard InChI is InChI=1S/C11H14NO/c1-11(2,3)12-7-4-5-10-9(12)6-8-13-10/h4-8H,1-3H3/q+1. The van der Waals surface area contributed by atoms with Crippen molar-refractivity contribution in [1.82, 2.24) is 0 Å². The van der Waals surface area contributed by atoms with Crippen molar-refractivity contribution < 1.29 is 8.98 Å². The van der Waals surface area contributed by atoms with Gasteiger partial charge in [0.25, 0.3) is 5.52 Å². The van der Waals surface area contributed by atoms with Crippen molar-refractivity contribution in [3.8, 4) is 0 Å². The van der Waals surface area contributed by atoms with Gasteiger partial charge in [-0.3, -0.25) is 0 Å². The van der Waals surface area contributed by atoms with E-state index in [2.05, 4.69) is 31.5 Å². The number of aromatic nitrogens is 1. The molecule has 0 unspecified atom stereocenters. The summed E-state index contributed by atoms with van der Waals surface area (Å²) in [4.78, 5) is 0. The first kappa shape index (κ1) is 8.30. The van der Waals surface area contributed by atoms with E-state index in [1.54, 1.807) is 6.26 Å². The molecule has 2 nitrogen and oxygen atoms in total. The molecule has 0 atom stereocenters. The van der Waals surface area contributed by atoms with E-state index in [1.165, 1.54) is 0 Å². The largest absolute Gasteiger partial charge is 0.458 e. The van der Waals surface area contributed by atoms with Crippen LogP contribution in [0.15, 0.2) is 35.1 Å². The minimum absolute atomic E-state index is 0.101. The Morgan fingerprint density at radius 2 is 2.00 bits per heavy atom. The van der Waals surface area contributed by atoms with E-state index < -0.39 is 0 Å². The van der Waals surface area contributed by atoms with Crippen molar-refractivity contribution in [3.63, 3.8) is 0 Å². The topological polar surface area (TPSA) is 17.0 Å². The van der Waals surface area contributed by atoms with Crippen molar-refractivity contribution in [2.24, 2.45) is 0 Å². The zero-order chi connectivity index (χ0) is 9.47. The normalized spacial score (nSPS) is 12.2. The monoisotopic (exact) mass is 176 g/mol. The average Bonchev–Trinajstić information content (AvgIpc) is 2.48. The summed E-state index contributed by atoms with van der Waals surface area (Å²) in [5.41, 5.74) is 2.19. The van der Waals surface area contributed by atoms with Crippen LogP contribution in [0, 0.1) is 0 Å². The number of nitrogens with zero attached hydrogens (tertiary/aromatic N) is 1. The maximum atomic E-state index is 5.33. The predicted molar refractivity (Wildman–Crippen MR) is 51.4 cm³/mol. The van der Waals surface area contributed by atoms with Crippen LogP contribution in [0.1, 0.15) is 20.8 Å². The van der Waals surface area contributed by atoms with Gasteiger partial charge < -0.3 is 4.42 Å². The van der Waals surface area contributed by atoms with E-state index in [0.29, 0.717) is 0 Å². The summed E-state index contributed by atoms with van der Waals surface area (Å²) >= 11 is 0. The molecule has 0 N–H and O–H groups in total. The van der Waals surface area contributed by atoms with Crippen LogP contribution in [0.2, 0.25) is 0 Å². The fourth-order valence-corrected chi connectivity index (χ4v) is 1.52. The Kier molecular flexibility index (Phi) is 1.65. The highest BCUT2D eigenvalue weighted by Gasteiger charge is 2.24. The first-order chi connectivity index (χ1) is 6.09. The van der Waals surface area contributed by atoms with Gasteiger partial charge in [-0.1, -0.05) is 0 Å². The van der Waals surface area contributed by atoms with E-state index in [4.69, 9.17) is 4.42 Å². The molecule has 0 radical (unpaired) electrons. The van der Waals surface area contributed by atoms with E-state index in [0.717, 1.165) is 11.1 Å². The van der Waals surface area contributed by atoms with E-state index in [-0.39, 0.29) is 5.54 Å². The molecule has 0 fully saturated rings. The second-order valence-electron chi connectivity index (χ2n) is 4.22. The SMILES string of the molecule is CC(C)(C)[n+]1cccc2occc21. The first-order valence-electron chi connectivity index (χ1n) is 4.47. The maximum absolute atomic E-state index is 5.33. The summed E-state index contributed by atoms with van der Waals surface area (Å²) in [6, 6.07) is 6.00. The summed E-state index contributed by atoms with van der Waals surface area (Å²) in [7, 11) is 0. The van der Waals surface area contributed by atoms with Gasteiger partial charge in [-0.05, 0) is 6.07 Å². The van der Waals surface area contributed by atoms with Gasteiger partial charge in [-0.25, -0.2) is 0 Å². The highest BCUT2D eigenvalue weighted by Crippen LogP contribution is 2.14. The highest BCUT2D eigenvalue weighted by atomic mass is 16.3. The fourth-order valence-electron chi connectivity index (χ4n) is 1.52. The molecule has 0 aliphatic carbocycles. The molecule has 68 valence electrons. The van der Waals surface area contributed by atoms with Crippen LogP contribution in [-0.2, 0) is 5.54 Å². The van der Waals surface area contributed by atoms with Gasteiger partial charge in [-0.2, -0.15) is 4.57 Å². The van der Waals surface area contributed by atoms with Crippen molar-refractivity contribution >= 4 is 11.1 Å². The third kappa shape index (κ3) is 1.32. The summed E-state index contributed by atoms with van der Waals surface area (Å²) in [6.45, 7) is 6.54. The van der Waals surface area contributed by atoms with Crippen LogP contribution >= 0.6 is 0 Å². The molecule has 0 aromatic carbocycles. The molecule has 2 rings (SSSR count). The van der Waals surface area contributed by atoms with E-state index in [9.17, 15) is 0 Å². The summed E-state index contributed by atoms with van der Waals surface area (Å²) in [6.07, 6.45) is 3.81. The second-order valence-corrected chi connectivity index (χ2v) is 4.22. The Morgan fingerprint density at radius 1 is 1.23 bits per heavy atom. The molecular formula is C11H14NO+. The lowest BCUT2D eigenvalue weighted by atomic mass is 10.1. The molecule has 0 saturated carbocycles. The number of furan rings is 1. The predicted octanol–water partition coefficient (Wildman–Crippen LogP) is 2.48. The molecule has 0 saturated heterocycles. The van der Waals surface area contributed by atoms with Crippen LogP contribution in [0.5, 0.6) is 0 Å². The highest BCUT2D eigenvalue weighted by molar-refractivity contribution is 5.68. The lowest BCUT2D eigenvalue weighted by Crippen LogP contribution is -2.50. The number of fused-ring (bicyclic) bond motifs is 1. The van der Waals surface area contributed by atoms with Crippen LogP contribution < -0.4 is 4.57 Å². The number of hydrogen-bond donors (Lipinski definition) is 0. The molecule has 2 aromatic heterocycles. The Bertz CT molecular complexity index is 423. The van der Waals surface area contributed by atoms with Gasteiger partial charge >= 0.3 is 0 Å². The number of hydrogen-bond acceptors (Lipinski definition) is 1. The summed E-state index contributed by atoms with van der Waals surface area (Å²) < 4.78 is 7.55. The Morgan fingerprint density at radius 3 is 2.69 bits per heavy atom. The van der Waals surface area contributed by atoms with Gasteiger partial charge in [0, 0.05) is 32.9 Å². The number of pyridine rings is 1. The van der Waals surface area contributed by atoms with Crippen LogP contribution in [0.3, 0.4) is 0 Å². The third-order valence-electron chi connectivity index (χ3n) is 2.14. The van der Waals surface area contributed by atoms with Crippen LogP contribution in [-0.4, -0.2) is 0 Å². The molecule has 0 bridgehead atoms. The van der Waals surface area contributed by atoms with Gasteiger partial charge in [0.1, 0.15) is 0 Å². The molecule has 0 aliphatic heterocycles. The smallest absolute Gasteiger partial charge is 0.251 e. The molecule has 0 spiro atoms. The summed E-state index contributed by atoms with van der Waals surface area (Å²) in [5, 5.41) is 0. The molecule has 2 heterocycles. The lowest BCUT2D eigenvalue weighted by molar-refractivity contribution is -0.730. The first-order valence-corrected chi connectivity index (χ1v) is 4.47. The van der Waals surface area contributed by atoms with Gasteiger partial charge in [0.05, 0.1) is 6.26 Å². The minimum atomic E-state index is 0.101.